The van der Waals surface area contributed by atoms with Crippen LogP contribution in [0.4, 0.5) is 0 Å². The second-order valence-corrected chi connectivity index (χ2v) is 2.32. The van der Waals surface area contributed by atoms with Crippen LogP contribution in [0.5, 0.6) is 0 Å². The summed E-state index contributed by atoms with van der Waals surface area (Å²) in [6.45, 7) is 1.48. The number of morpholine rings is 1. The molecular formula is C6H10N4O. The summed E-state index contributed by atoms with van der Waals surface area (Å²) in [6.07, 6.45) is -0.437. The van der Waals surface area contributed by atoms with E-state index in [1.54, 1.807) is 4.90 Å². The van der Waals surface area contributed by atoms with Crippen LogP contribution in [0.3, 0.4) is 0 Å². The number of nitrogens with zero attached hydrogens (tertiary/aromatic N) is 2. The largest absolute Gasteiger partial charge is 0.370 e. The van der Waals surface area contributed by atoms with E-state index in [0.717, 1.165) is 0 Å². The van der Waals surface area contributed by atoms with Crippen LogP contribution < -0.4 is 5.73 Å². The fraction of sp³-hybridized carbons (Fsp3) is 0.667. The van der Waals surface area contributed by atoms with Crippen LogP contribution in [-0.4, -0.2) is 36.7 Å². The molecule has 5 heteroatoms. The third-order valence-corrected chi connectivity index (χ3v) is 1.55. The summed E-state index contributed by atoms with van der Waals surface area (Å²) < 4.78 is 5.05. The topological polar surface area (TPSA) is 86.1 Å². The Morgan fingerprint density at radius 1 is 1.82 bits per heavy atom. The van der Waals surface area contributed by atoms with E-state index in [1.165, 1.54) is 0 Å². The van der Waals surface area contributed by atoms with Crippen molar-refractivity contribution < 1.29 is 4.74 Å². The fourth-order valence-electron chi connectivity index (χ4n) is 0.946. The van der Waals surface area contributed by atoms with Gasteiger partial charge in [-0.3, -0.25) is 5.41 Å². The summed E-state index contributed by atoms with van der Waals surface area (Å²) in [5.74, 6) is 0.00792. The molecule has 0 aliphatic carbocycles. The minimum atomic E-state index is -0.437. The van der Waals surface area contributed by atoms with Crippen molar-refractivity contribution in [2.24, 2.45) is 5.73 Å². The highest BCUT2D eigenvalue weighted by atomic mass is 16.5. The van der Waals surface area contributed by atoms with Gasteiger partial charge >= 0.3 is 0 Å². The van der Waals surface area contributed by atoms with Gasteiger partial charge in [-0.2, -0.15) is 5.26 Å². The van der Waals surface area contributed by atoms with Crippen LogP contribution in [0, 0.1) is 16.7 Å². The number of nitriles is 1. The van der Waals surface area contributed by atoms with Crippen LogP contribution in [-0.2, 0) is 4.74 Å². The first-order valence-corrected chi connectivity index (χ1v) is 3.34. The Balaban J connectivity index is 2.47. The lowest BCUT2D eigenvalue weighted by atomic mass is 10.3. The van der Waals surface area contributed by atoms with E-state index >= 15 is 0 Å². The van der Waals surface area contributed by atoms with E-state index in [1.807, 2.05) is 6.07 Å². The van der Waals surface area contributed by atoms with Crippen molar-refractivity contribution in [3.63, 3.8) is 0 Å². The Kier molecular flexibility index (Phi) is 2.28. The Labute approximate surface area is 64.8 Å². The predicted molar refractivity (Wildman–Crippen MR) is 38.8 cm³/mol. The van der Waals surface area contributed by atoms with E-state index < -0.39 is 6.10 Å². The van der Waals surface area contributed by atoms with E-state index in [2.05, 4.69) is 0 Å². The number of rotatable bonds is 0. The molecule has 0 radical (unpaired) electrons. The van der Waals surface area contributed by atoms with Crippen LogP contribution in [0.25, 0.3) is 0 Å². The summed E-state index contributed by atoms with van der Waals surface area (Å²) in [5, 5.41) is 15.6. The van der Waals surface area contributed by atoms with Crippen molar-refractivity contribution in [2.75, 3.05) is 19.7 Å². The molecule has 1 saturated heterocycles. The maximum absolute atomic E-state index is 8.48. The molecule has 5 nitrogen and oxygen atoms in total. The molecule has 1 aliphatic rings. The maximum Gasteiger partial charge on any atom is 0.188 e. The van der Waals surface area contributed by atoms with Crippen molar-refractivity contribution in [3.8, 4) is 6.07 Å². The number of hydrogen-bond acceptors (Lipinski definition) is 3. The molecule has 0 aromatic carbocycles. The average Bonchev–Trinajstić information content (AvgIpc) is 2.05. The number of guanidine groups is 1. The second kappa shape index (κ2) is 3.21. The van der Waals surface area contributed by atoms with E-state index in [-0.39, 0.29) is 5.96 Å². The summed E-state index contributed by atoms with van der Waals surface area (Å²) in [5.41, 5.74) is 5.23. The molecule has 0 saturated carbocycles. The van der Waals surface area contributed by atoms with Crippen LogP contribution in [0.2, 0.25) is 0 Å². The minimum Gasteiger partial charge on any atom is -0.370 e. The lowest BCUT2D eigenvalue weighted by Crippen LogP contribution is -2.47. The quantitative estimate of drug-likeness (QED) is 0.350. The van der Waals surface area contributed by atoms with Crippen molar-refractivity contribution in [1.82, 2.24) is 4.90 Å². The van der Waals surface area contributed by atoms with Gasteiger partial charge in [0.2, 0.25) is 0 Å². The first kappa shape index (κ1) is 7.82. The van der Waals surface area contributed by atoms with Gasteiger partial charge in [0, 0.05) is 6.54 Å². The van der Waals surface area contributed by atoms with E-state index in [9.17, 15) is 0 Å². The van der Waals surface area contributed by atoms with Crippen LogP contribution in [0.1, 0.15) is 0 Å². The molecule has 60 valence electrons. The lowest BCUT2D eigenvalue weighted by Gasteiger charge is -2.29. The molecular weight excluding hydrogens is 144 g/mol. The fourth-order valence-corrected chi connectivity index (χ4v) is 0.946. The molecule has 11 heavy (non-hydrogen) atoms. The number of nitrogens with one attached hydrogen (secondary N) is 1. The highest BCUT2D eigenvalue weighted by molar-refractivity contribution is 5.74. The monoisotopic (exact) mass is 154 g/mol. The van der Waals surface area contributed by atoms with Gasteiger partial charge in [-0.15, -0.1) is 0 Å². The average molecular weight is 154 g/mol. The zero-order chi connectivity index (χ0) is 8.27. The molecule has 1 unspecified atom stereocenters. The summed E-state index contributed by atoms with van der Waals surface area (Å²) in [7, 11) is 0. The molecule has 1 fully saturated rings. The van der Waals surface area contributed by atoms with Gasteiger partial charge in [-0.25, -0.2) is 0 Å². The molecule has 0 aromatic rings. The SMILES string of the molecule is N#CC1CN(C(=N)N)CCO1. The normalized spacial score (nSPS) is 24.3. The van der Waals surface area contributed by atoms with Gasteiger partial charge in [-0.1, -0.05) is 0 Å². The van der Waals surface area contributed by atoms with Crippen molar-refractivity contribution in [3.05, 3.63) is 0 Å². The van der Waals surface area contributed by atoms with Gasteiger partial charge in [0.15, 0.2) is 12.1 Å². The van der Waals surface area contributed by atoms with Crippen molar-refractivity contribution in [1.29, 1.82) is 10.7 Å². The molecule has 1 atom stereocenters. The van der Waals surface area contributed by atoms with Gasteiger partial charge in [0.1, 0.15) is 0 Å². The van der Waals surface area contributed by atoms with Gasteiger partial charge in [-0.05, 0) is 0 Å². The smallest absolute Gasteiger partial charge is 0.188 e. The molecule has 1 heterocycles. The number of hydrogen-bond donors (Lipinski definition) is 2. The summed E-state index contributed by atoms with van der Waals surface area (Å²) in [6, 6.07) is 1.97. The first-order chi connectivity index (χ1) is 5.24. The zero-order valence-corrected chi connectivity index (χ0v) is 6.08. The standard InChI is InChI=1S/C6H10N4O/c7-3-5-4-10(6(8)9)1-2-11-5/h5H,1-2,4H2,(H3,8,9). The maximum atomic E-state index is 8.48. The van der Waals surface area contributed by atoms with Gasteiger partial charge in [0.25, 0.3) is 0 Å². The molecule has 1 aliphatic heterocycles. The third-order valence-electron chi connectivity index (χ3n) is 1.55. The summed E-state index contributed by atoms with van der Waals surface area (Å²) in [4.78, 5) is 1.62. The van der Waals surface area contributed by atoms with Crippen molar-refractivity contribution >= 4 is 5.96 Å². The number of ether oxygens (including phenoxy) is 1. The Morgan fingerprint density at radius 3 is 3.09 bits per heavy atom. The van der Waals surface area contributed by atoms with Gasteiger partial charge < -0.3 is 15.4 Å². The van der Waals surface area contributed by atoms with E-state index in [0.29, 0.717) is 19.7 Å². The molecule has 0 aromatic heterocycles. The highest BCUT2D eigenvalue weighted by Gasteiger charge is 2.20. The molecule has 0 spiro atoms. The van der Waals surface area contributed by atoms with E-state index in [4.69, 9.17) is 21.1 Å². The Morgan fingerprint density at radius 2 is 2.55 bits per heavy atom. The van der Waals surface area contributed by atoms with Gasteiger partial charge in [0.05, 0.1) is 19.2 Å². The van der Waals surface area contributed by atoms with Crippen LogP contribution >= 0.6 is 0 Å². The zero-order valence-electron chi connectivity index (χ0n) is 6.08. The molecule has 1 rings (SSSR count). The van der Waals surface area contributed by atoms with Crippen LogP contribution in [0.15, 0.2) is 0 Å². The first-order valence-electron chi connectivity index (χ1n) is 3.34. The lowest BCUT2D eigenvalue weighted by molar-refractivity contribution is 0.0258. The molecule has 3 N–H and O–H groups in total. The number of nitrogens with two attached hydrogens (primary N) is 1. The minimum absolute atomic E-state index is 0.00792. The Hall–Kier alpha value is -1.28. The predicted octanol–water partition coefficient (Wildman–Crippen LogP) is -0.896. The Bertz CT molecular complexity index is 197. The second-order valence-electron chi connectivity index (χ2n) is 2.32. The van der Waals surface area contributed by atoms with Crippen molar-refractivity contribution in [2.45, 2.75) is 6.10 Å². The third kappa shape index (κ3) is 1.82. The molecule has 0 amide bonds. The highest BCUT2D eigenvalue weighted by Crippen LogP contribution is 2.02. The molecule has 0 bridgehead atoms. The summed E-state index contributed by atoms with van der Waals surface area (Å²) >= 11 is 0.